The number of ether oxygens (including phenoxy) is 4. The normalized spacial score (nSPS) is 14.2. The predicted molar refractivity (Wildman–Crippen MR) is 150 cm³/mol. The van der Waals surface area contributed by atoms with Crippen LogP contribution in [0.3, 0.4) is 0 Å². The monoisotopic (exact) mass is 566 g/mol. The van der Waals surface area contributed by atoms with Crippen molar-refractivity contribution in [3.63, 3.8) is 0 Å². The third-order valence-electron chi connectivity index (χ3n) is 6.07. The molecule has 0 bridgehead atoms. The van der Waals surface area contributed by atoms with Crippen LogP contribution in [0.5, 0.6) is 23.0 Å². The zero-order chi connectivity index (χ0) is 27.9. The Morgan fingerprint density at radius 2 is 1.74 bits per heavy atom. The minimum Gasteiger partial charge on any atom is -0.493 e. The highest BCUT2D eigenvalue weighted by Gasteiger charge is 2.33. The SMILES string of the molecule is CCCCOc1c(Cl)cc(C(=O)Oc2ccc3c(c2)OC(N)=C(C#N)C3c2ccccc2OCCC)cc1Cl. The number of fused-ring (bicyclic) bond motifs is 1. The van der Waals surface area contributed by atoms with E-state index in [1.807, 2.05) is 38.1 Å². The van der Waals surface area contributed by atoms with Gasteiger partial charge in [-0.05, 0) is 37.1 Å². The number of hydrogen-bond acceptors (Lipinski definition) is 7. The molecule has 0 aliphatic carbocycles. The number of carbonyl (C=O) groups excluding carboxylic acids is 1. The van der Waals surface area contributed by atoms with E-state index >= 15 is 0 Å². The molecule has 1 aliphatic heterocycles. The molecule has 1 unspecified atom stereocenters. The van der Waals surface area contributed by atoms with Gasteiger partial charge in [0.25, 0.3) is 0 Å². The van der Waals surface area contributed by atoms with Gasteiger partial charge in [-0.2, -0.15) is 5.26 Å². The van der Waals surface area contributed by atoms with E-state index in [-0.39, 0.29) is 32.8 Å². The van der Waals surface area contributed by atoms with Crippen molar-refractivity contribution in [3.05, 3.63) is 92.8 Å². The van der Waals surface area contributed by atoms with Gasteiger partial charge in [-0.1, -0.05) is 67.7 Å². The fraction of sp³-hybridized carbons (Fsp3) is 0.267. The van der Waals surface area contributed by atoms with Gasteiger partial charge in [-0.3, -0.25) is 0 Å². The third kappa shape index (κ3) is 6.25. The van der Waals surface area contributed by atoms with Gasteiger partial charge >= 0.3 is 5.97 Å². The summed E-state index contributed by atoms with van der Waals surface area (Å²) in [5.41, 5.74) is 8.06. The second kappa shape index (κ2) is 12.8. The molecule has 3 aromatic rings. The highest BCUT2D eigenvalue weighted by Crippen LogP contribution is 2.46. The summed E-state index contributed by atoms with van der Waals surface area (Å²) in [4.78, 5) is 12.9. The number of benzene rings is 3. The van der Waals surface area contributed by atoms with Gasteiger partial charge in [0.2, 0.25) is 5.88 Å². The lowest BCUT2D eigenvalue weighted by molar-refractivity contribution is 0.0734. The molecule has 0 spiro atoms. The van der Waals surface area contributed by atoms with Crippen molar-refractivity contribution in [2.24, 2.45) is 5.73 Å². The fourth-order valence-corrected chi connectivity index (χ4v) is 4.78. The summed E-state index contributed by atoms with van der Waals surface area (Å²) in [5.74, 6) is 0.361. The molecular weight excluding hydrogens is 539 g/mol. The van der Waals surface area contributed by atoms with Crippen molar-refractivity contribution in [2.75, 3.05) is 13.2 Å². The number of nitriles is 1. The molecule has 39 heavy (non-hydrogen) atoms. The summed E-state index contributed by atoms with van der Waals surface area (Å²) in [7, 11) is 0. The number of halogens is 2. The second-order valence-electron chi connectivity index (χ2n) is 8.87. The molecule has 0 amide bonds. The molecule has 1 atom stereocenters. The van der Waals surface area contributed by atoms with Crippen LogP contribution in [0.2, 0.25) is 10.0 Å². The minimum atomic E-state index is -0.661. The Morgan fingerprint density at radius 1 is 1.00 bits per heavy atom. The molecule has 3 aromatic carbocycles. The molecule has 1 heterocycles. The molecule has 7 nitrogen and oxygen atoms in total. The first-order chi connectivity index (χ1) is 18.9. The molecule has 2 N–H and O–H groups in total. The number of nitrogens with zero attached hydrogens (tertiary/aromatic N) is 1. The summed E-state index contributed by atoms with van der Waals surface area (Å²) in [6.45, 7) is 5.07. The van der Waals surface area contributed by atoms with Crippen molar-refractivity contribution in [3.8, 4) is 29.1 Å². The van der Waals surface area contributed by atoms with Crippen LogP contribution in [0.25, 0.3) is 0 Å². The number of rotatable bonds is 10. The topological polar surface area (TPSA) is 104 Å². The Hall–Kier alpha value is -3.86. The van der Waals surface area contributed by atoms with Gasteiger partial charge in [0, 0.05) is 17.2 Å². The van der Waals surface area contributed by atoms with Gasteiger partial charge in [-0.15, -0.1) is 0 Å². The van der Waals surface area contributed by atoms with E-state index in [0.29, 0.717) is 36.0 Å². The van der Waals surface area contributed by atoms with E-state index in [1.165, 1.54) is 12.1 Å². The number of allylic oxidation sites excluding steroid dienone is 1. The molecule has 0 radical (unpaired) electrons. The lowest BCUT2D eigenvalue weighted by atomic mass is 9.83. The summed E-state index contributed by atoms with van der Waals surface area (Å²) >= 11 is 12.6. The van der Waals surface area contributed by atoms with Gasteiger partial charge in [0.15, 0.2) is 5.75 Å². The standard InChI is InChI=1S/C30H28Cl2N2O5/c1-3-5-13-37-28-23(31)14-18(15-24(28)32)30(35)38-19-10-11-21-26(16-19)39-29(34)22(17-33)27(21)20-8-6-7-9-25(20)36-12-4-2/h6-11,14-16,27H,3-5,12-13,34H2,1-2H3. The molecule has 0 saturated carbocycles. The van der Waals surface area contributed by atoms with Crippen molar-refractivity contribution in [1.29, 1.82) is 5.26 Å². The van der Waals surface area contributed by atoms with Crippen molar-refractivity contribution in [2.45, 2.75) is 39.0 Å². The number of nitrogens with two attached hydrogens (primary N) is 1. The molecule has 9 heteroatoms. The number of esters is 1. The first-order valence-electron chi connectivity index (χ1n) is 12.6. The van der Waals surface area contributed by atoms with Gasteiger partial charge in [-0.25, -0.2) is 4.79 Å². The molecule has 4 rings (SSSR count). The summed E-state index contributed by atoms with van der Waals surface area (Å²) in [5, 5.41) is 10.3. The Balaban J connectivity index is 1.62. The highest BCUT2D eigenvalue weighted by atomic mass is 35.5. The van der Waals surface area contributed by atoms with Crippen LogP contribution < -0.4 is 24.7 Å². The smallest absolute Gasteiger partial charge is 0.343 e. The Kier molecular flexibility index (Phi) is 9.23. The predicted octanol–water partition coefficient (Wildman–Crippen LogP) is 7.40. The van der Waals surface area contributed by atoms with E-state index in [2.05, 4.69) is 6.07 Å². The van der Waals surface area contributed by atoms with E-state index in [1.54, 1.807) is 18.2 Å². The molecular formula is C30H28Cl2N2O5. The van der Waals surface area contributed by atoms with Crippen LogP contribution in [-0.4, -0.2) is 19.2 Å². The maximum Gasteiger partial charge on any atom is 0.343 e. The van der Waals surface area contributed by atoms with Gasteiger partial charge in [0.05, 0.1) is 34.7 Å². The van der Waals surface area contributed by atoms with Gasteiger partial charge < -0.3 is 24.7 Å². The van der Waals surface area contributed by atoms with Crippen LogP contribution in [0, 0.1) is 11.3 Å². The third-order valence-corrected chi connectivity index (χ3v) is 6.63. The second-order valence-corrected chi connectivity index (χ2v) is 9.69. The molecule has 0 saturated heterocycles. The number of carbonyl (C=O) groups is 1. The summed E-state index contributed by atoms with van der Waals surface area (Å²) in [6, 6.07) is 17.5. The van der Waals surface area contributed by atoms with Crippen LogP contribution >= 0.6 is 23.2 Å². The zero-order valence-electron chi connectivity index (χ0n) is 21.6. The molecule has 0 aromatic heterocycles. The first kappa shape index (κ1) is 28.2. The Bertz CT molecular complexity index is 1420. The van der Waals surface area contributed by atoms with Crippen molar-refractivity contribution >= 4 is 29.2 Å². The maximum absolute atomic E-state index is 12.9. The largest absolute Gasteiger partial charge is 0.493 e. The lowest BCUT2D eigenvalue weighted by Crippen LogP contribution is -2.21. The van der Waals surface area contributed by atoms with E-state index in [4.69, 9.17) is 47.9 Å². The minimum absolute atomic E-state index is 0.0269. The average molecular weight is 567 g/mol. The van der Waals surface area contributed by atoms with Crippen molar-refractivity contribution < 1.29 is 23.7 Å². The van der Waals surface area contributed by atoms with Crippen molar-refractivity contribution in [1.82, 2.24) is 0 Å². The molecule has 0 fully saturated rings. The number of para-hydroxylation sites is 1. The number of hydrogen-bond donors (Lipinski definition) is 1. The Labute approximate surface area is 237 Å². The fourth-order valence-electron chi connectivity index (χ4n) is 4.18. The molecule has 202 valence electrons. The van der Waals surface area contributed by atoms with E-state index < -0.39 is 11.9 Å². The summed E-state index contributed by atoms with van der Waals surface area (Å²) < 4.78 is 23.0. The maximum atomic E-state index is 12.9. The number of unbranched alkanes of at least 4 members (excludes halogenated alkanes) is 1. The first-order valence-corrected chi connectivity index (χ1v) is 13.4. The molecule has 1 aliphatic rings. The average Bonchev–Trinajstić information content (AvgIpc) is 2.92. The van der Waals surface area contributed by atoms with Gasteiger partial charge in [0.1, 0.15) is 28.9 Å². The quantitative estimate of drug-likeness (QED) is 0.155. The van der Waals surface area contributed by atoms with Crippen LogP contribution in [0.4, 0.5) is 0 Å². The van der Waals surface area contributed by atoms with E-state index in [0.717, 1.165) is 24.8 Å². The summed E-state index contributed by atoms with van der Waals surface area (Å²) in [6.07, 6.45) is 2.65. The van der Waals surface area contributed by atoms with Crippen LogP contribution in [0.1, 0.15) is 60.5 Å². The highest BCUT2D eigenvalue weighted by molar-refractivity contribution is 6.37. The van der Waals surface area contributed by atoms with E-state index in [9.17, 15) is 10.1 Å². The lowest BCUT2D eigenvalue weighted by Gasteiger charge is -2.28. The van der Waals surface area contributed by atoms with Crippen LogP contribution in [0.15, 0.2) is 66.1 Å². The van der Waals surface area contributed by atoms with Crippen LogP contribution in [-0.2, 0) is 0 Å². The zero-order valence-corrected chi connectivity index (χ0v) is 23.1. The Morgan fingerprint density at radius 3 is 2.44 bits per heavy atom.